The highest BCUT2D eigenvalue weighted by atomic mass is 32.2. The van der Waals surface area contributed by atoms with Gasteiger partial charge >= 0.3 is 5.97 Å². The van der Waals surface area contributed by atoms with Crippen molar-refractivity contribution >= 4 is 27.0 Å². The molecule has 31 heavy (non-hydrogen) atoms. The summed E-state index contributed by atoms with van der Waals surface area (Å²) in [5, 5.41) is 0. The fraction of sp³-hybridized carbons (Fsp3) is 0.348. The number of aryl methyl sites for hydroxylation is 1. The minimum atomic E-state index is -3.57. The third-order valence-electron chi connectivity index (χ3n) is 5.62. The molecule has 0 spiro atoms. The van der Waals surface area contributed by atoms with E-state index in [9.17, 15) is 13.2 Å². The van der Waals surface area contributed by atoms with Gasteiger partial charge in [-0.25, -0.2) is 23.2 Å². The van der Waals surface area contributed by atoms with Crippen LogP contribution in [0.1, 0.15) is 47.9 Å². The van der Waals surface area contributed by atoms with E-state index in [0.29, 0.717) is 17.9 Å². The van der Waals surface area contributed by atoms with Crippen molar-refractivity contribution in [1.29, 1.82) is 0 Å². The van der Waals surface area contributed by atoms with Crippen LogP contribution in [0.2, 0.25) is 0 Å². The monoisotopic (exact) mass is 439 g/mol. The minimum absolute atomic E-state index is 0.00611. The number of rotatable bonds is 5. The van der Waals surface area contributed by atoms with Gasteiger partial charge < -0.3 is 4.74 Å². The Balaban J connectivity index is 1.46. The SMILES string of the molecule is Cc1nc2ccccc2nc1COC(=O)c1ccc(S(=O)(=O)N2CCCCC2C)cc1. The highest BCUT2D eigenvalue weighted by Gasteiger charge is 2.31. The van der Waals surface area contributed by atoms with Crippen molar-refractivity contribution in [1.82, 2.24) is 14.3 Å². The first-order valence-corrected chi connectivity index (χ1v) is 11.8. The summed E-state index contributed by atoms with van der Waals surface area (Å²) in [4.78, 5) is 21.7. The van der Waals surface area contributed by atoms with Crippen LogP contribution in [0.4, 0.5) is 0 Å². The number of nitrogens with zero attached hydrogens (tertiary/aromatic N) is 3. The van der Waals surface area contributed by atoms with Crippen LogP contribution in [0.5, 0.6) is 0 Å². The Morgan fingerprint density at radius 1 is 1.06 bits per heavy atom. The molecule has 2 heterocycles. The second-order valence-corrected chi connectivity index (χ2v) is 9.70. The van der Waals surface area contributed by atoms with Crippen molar-refractivity contribution < 1.29 is 17.9 Å². The van der Waals surface area contributed by atoms with E-state index in [1.807, 2.05) is 38.1 Å². The third kappa shape index (κ3) is 4.45. The van der Waals surface area contributed by atoms with E-state index < -0.39 is 16.0 Å². The molecule has 1 aliphatic rings. The summed E-state index contributed by atoms with van der Waals surface area (Å²) in [5.41, 5.74) is 3.10. The average Bonchev–Trinajstić information content (AvgIpc) is 2.77. The van der Waals surface area contributed by atoms with E-state index in [2.05, 4.69) is 9.97 Å². The van der Waals surface area contributed by atoms with Gasteiger partial charge in [0, 0.05) is 12.6 Å². The number of esters is 1. The molecule has 1 fully saturated rings. The quantitative estimate of drug-likeness (QED) is 0.561. The number of ether oxygens (including phenoxy) is 1. The Morgan fingerprint density at radius 2 is 1.74 bits per heavy atom. The van der Waals surface area contributed by atoms with Gasteiger partial charge in [-0.3, -0.25) is 0 Å². The number of piperidine rings is 1. The van der Waals surface area contributed by atoms with Gasteiger partial charge in [-0.05, 0) is 63.1 Å². The summed E-state index contributed by atoms with van der Waals surface area (Å²) >= 11 is 0. The Labute approximate surface area is 182 Å². The lowest BCUT2D eigenvalue weighted by atomic mass is 10.1. The fourth-order valence-electron chi connectivity index (χ4n) is 3.81. The lowest BCUT2D eigenvalue weighted by molar-refractivity contribution is 0.0467. The molecule has 1 aliphatic heterocycles. The van der Waals surface area contributed by atoms with E-state index in [4.69, 9.17) is 4.74 Å². The molecular weight excluding hydrogens is 414 g/mol. The van der Waals surface area contributed by atoms with Crippen molar-refractivity contribution in [2.75, 3.05) is 6.54 Å². The number of carbonyl (C=O) groups excluding carboxylic acids is 1. The van der Waals surface area contributed by atoms with Crippen LogP contribution in [-0.4, -0.2) is 41.2 Å². The predicted molar refractivity (Wildman–Crippen MR) is 117 cm³/mol. The van der Waals surface area contributed by atoms with Gasteiger partial charge in [-0.15, -0.1) is 0 Å². The molecule has 0 saturated carbocycles. The van der Waals surface area contributed by atoms with Crippen LogP contribution >= 0.6 is 0 Å². The topological polar surface area (TPSA) is 89.5 Å². The largest absolute Gasteiger partial charge is 0.456 e. The van der Waals surface area contributed by atoms with Crippen LogP contribution < -0.4 is 0 Å². The average molecular weight is 440 g/mol. The molecule has 7 nitrogen and oxygen atoms in total. The smallest absolute Gasteiger partial charge is 0.338 e. The molecule has 8 heteroatoms. The van der Waals surface area contributed by atoms with Crippen molar-refractivity contribution in [3.05, 3.63) is 65.5 Å². The van der Waals surface area contributed by atoms with Gasteiger partial charge in [0.1, 0.15) is 6.61 Å². The summed E-state index contributed by atoms with van der Waals surface area (Å²) in [6.45, 7) is 4.28. The van der Waals surface area contributed by atoms with Crippen molar-refractivity contribution in [2.24, 2.45) is 0 Å². The van der Waals surface area contributed by atoms with E-state index >= 15 is 0 Å². The summed E-state index contributed by atoms with van der Waals surface area (Å²) in [7, 11) is -3.57. The van der Waals surface area contributed by atoms with Crippen molar-refractivity contribution in [3.63, 3.8) is 0 Å². The van der Waals surface area contributed by atoms with E-state index in [1.165, 1.54) is 24.3 Å². The van der Waals surface area contributed by atoms with Crippen molar-refractivity contribution in [2.45, 2.75) is 50.7 Å². The minimum Gasteiger partial charge on any atom is -0.456 e. The maximum absolute atomic E-state index is 12.9. The zero-order valence-electron chi connectivity index (χ0n) is 17.6. The Morgan fingerprint density at radius 3 is 2.42 bits per heavy atom. The first-order chi connectivity index (χ1) is 14.9. The summed E-state index contributed by atoms with van der Waals surface area (Å²) < 4.78 is 32.8. The van der Waals surface area contributed by atoms with Gasteiger partial charge in [-0.2, -0.15) is 4.31 Å². The Kier molecular flexibility index (Phi) is 6.02. The zero-order valence-corrected chi connectivity index (χ0v) is 18.4. The molecule has 2 aromatic carbocycles. The first kappa shape index (κ1) is 21.4. The van der Waals surface area contributed by atoms with Crippen LogP contribution in [0.15, 0.2) is 53.4 Å². The van der Waals surface area contributed by atoms with Crippen LogP contribution in [0.3, 0.4) is 0 Å². The van der Waals surface area contributed by atoms with Gasteiger partial charge in [0.05, 0.1) is 32.9 Å². The molecule has 1 aromatic heterocycles. The second kappa shape index (κ2) is 8.72. The standard InChI is InChI=1S/C23H25N3O4S/c1-16-7-5-6-14-26(16)31(28,29)19-12-10-18(11-13-19)23(27)30-15-22-17(2)24-20-8-3-4-9-21(20)25-22/h3-4,8-13,16H,5-7,14-15H2,1-2H3. The molecule has 0 radical (unpaired) electrons. The van der Waals surface area contributed by atoms with Gasteiger partial charge in [0.2, 0.25) is 10.0 Å². The van der Waals surface area contributed by atoms with E-state index in [-0.39, 0.29) is 23.1 Å². The molecule has 0 amide bonds. The van der Waals surface area contributed by atoms with Gasteiger partial charge in [-0.1, -0.05) is 18.6 Å². The molecule has 0 bridgehead atoms. The van der Waals surface area contributed by atoms with Gasteiger partial charge in [0.25, 0.3) is 0 Å². The molecule has 0 aliphatic carbocycles. The first-order valence-electron chi connectivity index (χ1n) is 10.4. The lowest BCUT2D eigenvalue weighted by Gasteiger charge is -2.32. The molecule has 1 atom stereocenters. The zero-order chi connectivity index (χ0) is 22.0. The number of aromatic nitrogens is 2. The van der Waals surface area contributed by atoms with Crippen molar-refractivity contribution in [3.8, 4) is 0 Å². The maximum atomic E-state index is 12.9. The normalized spacial score (nSPS) is 17.5. The van der Waals surface area contributed by atoms with E-state index in [0.717, 1.165) is 30.3 Å². The number of sulfonamides is 1. The second-order valence-electron chi connectivity index (χ2n) is 7.81. The van der Waals surface area contributed by atoms with E-state index in [1.54, 1.807) is 4.31 Å². The number of hydrogen-bond donors (Lipinski definition) is 0. The molecule has 4 rings (SSSR count). The summed E-state index contributed by atoms with van der Waals surface area (Å²) in [6, 6.07) is 13.4. The third-order valence-corrected chi connectivity index (χ3v) is 7.65. The number of hydrogen-bond acceptors (Lipinski definition) is 6. The highest BCUT2D eigenvalue weighted by molar-refractivity contribution is 7.89. The van der Waals surface area contributed by atoms with Crippen LogP contribution in [0.25, 0.3) is 11.0 Å². The summed E-state index contributed by atoms with van der Waals surface area (Å²) in [5.74, 6) is -0.537. The number of benzene rings is 2. The highest BCUT2D eigenvalue weighted by Crippen LogP contribution is 2.25. The fourth-order valence-corrected chi connectivity index (χ4v) is 5.51. The van der Waals surface area contributed by atoms with Crippen LogP contribution in [-0.2, 0) is 21.4 Å². The Hall–Kier alpha value is -2.84. The van der Waals surface area contributed by atoms with Gasteiger partial charge in [0.15, 0.2) is 0 Å². The molecule has 1 saturated heterocycles. The summed E-state index contributed by atoms with van der Waals surface area (Å²) in [6.07, 6.45) is 2.77. The Bertz CT molecular complexity index is 1210. The number of fused-ring (bicyclic) bond motifs is 1. The number of para-hydroxylation sites is 2. The predicted octanol–water partition coefficient (Wildman–Crippen LogP) is 3.86. The lowest BCUT2D eigenvalue weighted by Crippen LogP contribution is -2.41. The molecule has 3 aromatic rings. The molecule has 1 unspecified atom stereocenters. The van der Waals surface area contributed by atoms with Crippen LogP contribution in [0, 0.1) is 6.92 Å². The molecule has 0 N–H and O–H groups in total. The number of carbonyl (C=O) groups is 1. The maximum Gasteiger partial charge on any atom is 0.338 e. The molecular formula is C23H25N3O4S. The molecule has 162 valence electrons.